The van der Waals surface area contributed by atoms with Crippen molar-refractivity contribution >= 4 is 17.5 Å². The van der Waals surface area contributed by atoms with Crippen molar-refractivity contribution in [2.45, 2.75) is 19.9 Å². The Morgan fingerprint density at radius 3 is 3.00 bits per heavy atom. The summed E-state index contributed by atoms with van der Waals surface area (Å²) < 4.78 is 14.2. The van der Waals surface area contributed by atoms with Gasteiger partial charge in [0.15, 0.2) is 5.65 Å². The SMILES string of the molecule is CC(C)NC(=O)CNc1nc2ccc(F)cn2n1. The Balaban J connectivity index is 2.02. The lowest BCUT2D eigenvalue weighted by molar-refractivity contribution is -0.119. The van der Waals surface area contributed by atoms with Gasteiger partial charge in [-0.3, -0.25) is 4.79 Å². The average Bonchev–Trinajstić information content (AvgIpc) is 2.67. The molecule has 0 aliphatic rings. The van der Waals surface area contributed by atoms with Gasteiger partial charge in [0, 0.05) is 6.04 Å². The first kappa shape index (κ1) is 12.3. The summed E-state index contributed by atoms with van der Waals surface area (Å²) in [7, 11) is 0. The lowest BCUT2D eigenvalue weighted by Gasteiger charge is -2.07. The summed E-state index contributed by atoms with van der Waals surface area (Å²) in [5.41, 5.74) is 0.517. The highest BCUT2D eigenvalue weighted by Crippen LogP contribution is 2.06. The number of halogens is 1. The van der Waals surface area contributed by atoms with E-state index in [4.69, 9.17) is 0 Å². The lowest BCUT2D eigenvalue weighted by Crippen LogP contribution is -2.35. The van der Waals surface area contributed by atoms with Gasteiger partial charge in [0.05, 0.1) is 12.7 Å². The molecule has 0 saturated heterocycles. The van der Waals surface area contributed by atoms with Crippen LogP contribution in [0, 0.1) is 5.82 Å². The number of fused-ring (bicyclic) bond motifs is 1. The molecule has 6 nitrogen and oxygen atoms in total. The molecule has 0 unspecified atom stereocenters. The van der Waals surface area contributed by atoms with Gasteiger partial charge in [-0.05, 0) is 26.0 Å². The molecule has 1 amide bonds. The van der Waals surface area contributed by atoms with Crippen LogP contribution in [0.25, 0.3) is 5.65 Å². The molecule has 7 heteroatoms. The molecule has 0 saturated carbocycles. The number of amides is 1. The third-order valence-corrected chi connectivity index (χ3v) is 2.15. The number of nitrogens with one attached hydrogen (secondary N) is 2. The summed E-state index contributed by atoms with van der Waals surface area (Å²) in [5.74, 6) is -0.244. The maximum atomic E-state index is 12.9. The molecule has 2 heterocycles. The van der Waals surface area contributed by atoms with Gasteiger partial charge >= 0.3 is 0 Å². The van der Waals surface area contributed by atoms with Gasteiger partial charge in [-0.1, -0.05) is 0 Å². The second-order valence-electron chi connectivity index (χ2n) is 4.16. The van der Waals surface area contributed by atoms with E-state index < -0.39 is 5.82 Å². The Kier molecular flexibility index (Phi) is 3.40. The number of anilines is 1. The molecule has 0 atom stereocenters. The minimum absolute atomic E-state index is 0.0809. The Bertz CT molecular complexity index is 566. The molecule has 0 spiro atoms. The zero-order valence-corrected chi connectivity index (χ0v) is 10.1. The predicted octanol–water partition coefficient (Wildman–Crippen LogP) is 0.805. The van der Waals surface area contributed by atoms with Crippen molar-refractivity contribution in [1.29, 1.82) is 0 Å². The molecule has 2 N–H and O–H groups in total. The summed E-state index contributed by atoms with van der Waals surface area (Å²) in [6, 6.07) is 2.91. The lowest BCUT2D eigenvalue weighted by atomic mass is 10.4. The van der Waals surface area contributed by atoms with E-state index in [2.05, 4.69) is 20.7 Å². The van der Waals surface area contributed by atoms with E-state index >= 15 is 0 Å². The van der Waals surface area contributed by atoms with Gasteiger partial charge in [0.25, 0.3) is 0 Å². The summed E-state index contributed by atoms with van der Waals surface area (Å²) in [5, 5.41) is 9.51. The first-order valence-electron chi connectivity index (χ1n) is 5.60. The molecular formula is C11H14FN5O. The largest absolute Gasteiger partial charge is 0.352 e. The number of carbonyl (C=O) groups excluding carboxylic acids is 1. The topological polar surface area (TPSA) is 71.3 Å². The van der Waals surface area contributed by atoms with Crippen molar-refractivity contribution in [2.75, 3.05) is 11.9 Å². The molecule has 96 valence electrons. The van der Waals surface area contributed by atoms with Crippen molar-refractivity contribution in [2.24, 2.45) is 0 Å². The zero-order chi connectivity index (χ0) is 13.1. The Morgan fingerprint density at radius 1 is 1.50 bits per heavy atom. The van der Waals surface area contributed by atoms with Crippen molar-refractivity contribution in [3.63, 3.8) is 0 Å². The molecule has 0 aromatic carbocycles. The second-order valence-corrected chi connectivity index (χ2v) is 4.16. The van der Waals surface area contributed by atoms with Crippen LogP contribution in [0.4, 0.5) is 10.3 Å². The van der Waals surface area contributed by atoms with Gasteiger partial charge in [-0.15, -0.1) is 5.10 Å². The van der Waals surface area contributed by atoms with Crippen LogP contribution >= 0.6 is 0 Å². The average molecular weight is 251 g/mol. The van der Waals surface area contributed by atoms with Crippen molar-refractivity contribution in [3.8, 4) is 0 Å². The Morgan fingerprint density at radius 2 is 2.28 bits per heavy atom. The van der Waals surface area contributed by atoms with Crippen LogP contribution in [0.2, 0.25) is 0 Å². The van der Waals surface area contributed by atoms with Gasteiger partial charge in [-0.25, -0.2) is 8.91 Å². The number of rotatable bonds is 4. The number of pyridine rings is 1. The number of hydrogen-bond donors (Lipinski definition) is 2. The highest BCUT2D eigenvalue weighted by atomic mass is 19.1. The van der Waals surface area contributed by atoms with E-state index in [9.17, 15) is 9.18 Å². The van der Waals surface area contributed by atoms with E-state index in [-0.39, 0.29) is 18.5 Å². The van der Waals surface area contributed by atoms with E-state index in [1.807, 2.05) is 13.8 Å². The van der Waals surface area contributed by atoms with Crippen LogP contribution in [-0.4, -0.2) is 33.1 Å². The minimum atomic E-state index is -0.392. The maximum absolute atomic E-state index is 12.9. The van der Waals surface area contributed by atoms with Crippen molar-refractivity contribution in [3.05, 3.63) is 24.1 Å². The van der Waals surface area contributed by atoms with Gasteiger partial charge in [-0.2, -0.15) is 4.98 Å². The number of nitrogens with zero attached hydrogens (tertiary/aromatic N) is 3. The standard InChI is InChI=1S/C11H14FN5O/c1-7(2)14-10(18)5-13-11-15-9-4-3-8(12)6-17(9)16-11/h3-4,6-7H,5H2,1-2H3,(H,13,16)(H,14,18). The first-order chi connectivity index (χ1) is 8.54. The quantitative estimate of drug-likeness (QED) is 0.843. The molecule has 0 bridgehead atoms. The Hall–Kier alpha value is -2.18. The zero-order valence-electron chi connectivity index (χ0n) is 10.1. The van der Waals surface area contributed by atoms with Crippen LogP contribution in [0.15, 0.2) is 18.3 Å². The normalized spacial score (nSPS) is 10.9. The molecule has 2 aromatic heterocycles. The van der Waals surface area contributed by atoms with Crippen LogP contribution in [0.1, 0.15) is 13.8 Å². The smallest absolute Gasteiger partial charge is 0.243 e. The molecule has 0 aliphatic heterocycles. The monoisotopic (exact) mass is 251 g/mol. The minimum Gasteiger partial charge on any atom is -0.352 e. The predicted molar refractivity (Wildman–Crippen MR) is 64.7 cm³/mol. The van der Waals surface area contributed by atoms with Crippen molar-refractivity contribution in [1.82, 2.24) is 19.9 Å². The molecule has 2 aromatic rings. The van der Waals surface area contributed by atoms with Crippen molar-refractivity contribution < 1.29 is 9.18 Å². The Labute approximate surface area is 103 Å². The van der Waals surface area contributed by atoms with E-state index in [0.29, 0.717) is 11.6 Å². The third kappa shape index (κ3) is 2.93. The van der Waals surface area contributed by atoms with Gasteiger partial charge < -0.3 is 10.6 Å². The molecule has 18 heavy (non-hydrogen) atoms. The highest BCUT2D eigenvalue weighted by Gasteiger charge is 2.07. The molecule has 0 fully saturated rings. The van der Waals surface area contributed by atoms with Crippen LogP contribution < -0.4 is 10.6 Å². The molecule has 0 radical (unpaired) electrons. The number of aromatic nitrogens is 3. The summed E-state index contributed by atoms with van der Waals surface area (Å²) in [6.07, 6.45) is 1.22. The second kappa shape index (κ2) is 4.99. The summed E-state index contributed by atoms with van der Waals surface area (Å²) in [4.78, 5) is 15.5. The van der Waals surface area contributed by atoms with Gasteiger partial charge in [0.2, 0.25) is 11.9 Å². The summed E-state index contributed by atoms with van der Waals surface area (Å²) in [6.45, 7) is 3.84. The highest BCUT2D eigenvalue weighted by molar-refractivity contribution is 5.80. The first-order valence-corrected chi connectivity index (χ1v) is 5.60. The van der Waals surface area contributed by atoms with Crippen LogP contribution in [-0.2, 0) is 4.79 Å². The van der Waals surface area contributed by atoms with E-state index in [1.165, 1.54) is 22.8 Å². The molecule has 0 aliphatic carbocycles. The van der Waals surface area contributed by atoms with E-state index in [0.717, 1.165) is 0 Å². The molecular weight excluding hydrogens is 237 g/mol. The maximum Gasteiger partial charge on any atom is 0.243 e. The van der Waals surface area contributed by atoms with Gasteiger partial charge in [0.1, 0.15) is 5.82 Å². The van der Waals surface area contributed by atoms with E-state index in [1.54, 1.807) is 0 Å². The third-order valence-electron chi connectivity index (χ3n) is 2.15. The fourth-order valence-electron chi connectivity index (χ4n) is 1.47. The number of carbonyl (C=O) groups is 1. The molecule has 2 rings (SSSR count). The number of hydrogen-bond acceptors (Lipinski definition) is 4. The fraction of sp³-hybridized carbons (Fsp3) is 0.364. The fourth-order valence-corrected chi connectivity index (χ4v) is 1.47. The summed E-state index contributed by atoms with van der Waals surface area (Å²) >= 11 is 0. The van der Waals surface area contributed by atoms with Crippen LogP contribution in [0.3, 0.4) is 0 Å². The van der Waals surface area contributed by atoms with Crippen LogP contribution in [0.5, 0.6) is 0 Å².